The number of carbonyl (C=O) groups is 2. The second-order valence-corrected chi connectivity index (χ2v) is 4.74. The molecule has 0 aliphatic rings. The zero-order valence-corrected chi connectivity index (χ0v) is 14.0. The van der Waals surface area contributed by atoms with E-state index in [9.17, 15) is 9.59 Å². The third-order valence-electron chi connectivity index (χ3n) is 2.93. The number of aromatic nitrogens is 2. The topological polar surface area (TPSA) is 99.6 Å². The molecule has 0 fully saturated rings. The first-order chi connectivity index (χ1) is 12.1. The van der Waals surface area contributed by atoms with Crippen molar-refractivity contribution in [3.63, 3.8) is 0 Å². The fourth-order valence-electron chi connectivity index (χ4n) is 1.94. The minimum absolute atomic E-state index is 0.0370. The van der Waals surface area contributed by atoms with E-state index < -0.39 is 18.5 Å². The Labute approximate surface area is 145 Å². The van der Waals surface area contributed by atoms with E-state index in [1.54, 1.807) is 18.2 Å². The summed E-state index contributed by atoms with van der Waals surface area (Å²) in [7, 11) is 0. The fourth-order valence-corrected chi connectivity index (χ4v) is 1.94. The first kappa shape index (κ1) is 18.2. The summed E-state index contributed by atoms with van der Waals surface area (Å²) in [6.07, 6.45) is 4.07. The molecule has 0 radical (unpaired) electrons. The molecular weight excluding hydrogens is 326 g/mol. The van der Waals surface area contributed by atoms with Crippen LogP contribution in [0.25, 0.3) is 0 Å². The van der Waals surface area contributed by atoms with Crippen LogP contribution in [0.3, 0.4) is 0 Å². The van der Waals surface area contributed by atoms with Gasteiger partial charge in [-0.25, -0.2) is 9.78 Å². The van der Waals surface area contributed by atoms with Crippen molar-refractivity contribution >= 4 is 17.6 Å². The third-order valence-corrected chi connectivity index (χ3v) is 2.93. The van der Waals surface area contributed by atoms with Crippen LogP contribution in [0.1, 0.15) is 24.3 Å². The van der Waals surface area contributed by atoms with Crippen LogP contribution in [-0.4, -0.2) is 41.7 Å². The summed E-state index contributed by atoms with van der Waals surface area (Å²) in [5, 5.41) is 2.63. The van der Waals surface area contributed by atoms with Crippen LogP contribution in [0.5, 0.6) is 11.5 Å². The molecule has 0 atom stereocenters. The first-order valence-electron chi connectivity index (χ1n) is 7.76. The van der Waals surface area contributed by atoms with Crippen LogP contribution in [0, 0.1) is 0 Å². The standard InChI is InChI=1S/C17H19N3O5/c1-3-23-14-6-5-12(9-15(14)24-4-2)20-16(21)11-25-17(22)13-10-18-7-8-19-13/h5-10H,3-4,11H2,1-2H3,(H,20,21). The van der Waals surface area contributed by atoms with Gasteiger partial charge < -0.3 is 19.5 Å². The van der Waals surface area contributed by atoms with Crippen LogP contribution in [-0.2, 0) is 9.53 Å². The summed E-state index contributed by atoms with van der Waals surface area (Å²) < 4.78 is 15.8. The van der Waals surface area contributed by atoms with Gasteiger partial charge in [0.1, 0.15) is 0 Å². The number of anilines is 1. The molecule has 1 aromatic carbocycles. The number of hydrogen-bond donors (Lipinski definition) is 1. The molecule has 1 aromatic heterocycles. The maximum Gasteiger partial charge on any atom is 0.359 e. The molecule has 0 aliphatic heterocycles. The lowest BCUT2D eigenvalue weighted by Gasteiger charge is -2.13. The van der Waals surface area contributed by atoms with Crippen molar-refractivity contribution in [2.45, 2.75) is 13.8 Å². The molecule has 0 unspecified atom stereocenters. The van der Waals surface area contributed by atoms with Crippen LogP contribution in [0.15, 0.2) is 36.8 Å². The Morgan fingerprint density at radius 3 is 2.52 bits per heavy atom. The molecule has 1 amide bonds. The first-order valence-corrected chi connectivity index (χ1v) is 7.76. The number of benzene rings is 1. The largest absolute Gasteiger partial charge is 0.490 e. The average molecular weight is 345 g/mol. The van der Waals surface area contributed by atoms with Crippen LogP contribution < -0.4 is 14.8 Å². The zero-order valence-electron chi connectivity index (χ0n) is 14.0. The normalized spacial score (nSPS) is 10.0. The van der Waals surface area contributed by atoms with Crippen molar-refractivity contribution < 1.29 is 23.8 Å². The SMILES string of the molecule is CCOc1ccc(NC(=O)COC(=O)c2cnccn2)cc1OCC. The van der Waals surface area contributed by atoms with Crippen molar-refractivity contribution in [3.05, 3.63) is 42.5 Å². The van der Waals surface area contributed by atoms with Crippen LogP contribution in [0.2, 0.25) is 0 Å². The summed E-state index contributed by atoms with van der Waals surface area (Å²) in [4.78, 5) is 31.2. The van der Waals surface area contributed by atoms with E-state index in [1.807, 2.05) is 13.8 Å². The van der Waals surface area contributed by atoms with Crippen molar-refractivity contribution in [2.24, 2.45) is 0 Å². The second-order valence-electron chi connectivity index (χ2n) is 4.74. The predicted octanol–water partition coefficient (Wildman–Crippen LogP) is 2.07. The molecule has 0 bridgehead atoms. The second kappa shape index (κ2) is 9.21. The number of esters is 1. The molecular formula is C17H19N3O5. The average Bonchev–Trinajstić information content (AvgIpc) is 2.63. The Hall–Kier alpha value is -3.16. The monoisotopic (exact) mass is 345 g/mol. The van der Waals surface area contributed by atoms with E-state index in [1.165, 1.54) is 18.6 Å². The summed E-state index contributed by atoms with van der Waals surface area (Å²) in [5.74, 6) is -0.0797. The fraction of sp³-hybridized carbons (Fsp3) is 0.294. The van der Waals surface area contributed by atoms with Gasteiger partial charge in [0.05, 0.1) is 19.4 Å². The lowest BCUT2D eigenvalue weighted by Crippen LogP contribution is -2.21. The van der Waals surface area contributed by atoms with E-state index in [-0.39, 0.29) is 5.69 Å². The van der Waals surface area contributed by atoms with Gasteiger partial charge in [-0.1, -0.05) is 0 Å². The highest BCUT2D eigenvalue weighted by atomic mass is 16.5. The molecule has 0 saturated carbocycles. The number of nitrogens with zero attached hydrogens (tertiary/aromatic N) is 2. The van der Waals surface area contributed by atoms with Crippen molar-refractivity contribution in [1.29, 1.82) is 0 Å². The van der Waals surface area contributed by atoms with E-state index in [4.69, 9.17) is 14.2 Å². The van der Waals surface area contributed by atoms with Crippen molar-refractivity contribution in [2.75, 3.05) is 25.1 Å². The molecule has 1 heterocycles. The zero-order chi connectivity index (χ0) is 18.1. The molecule has 1 N–H and O–H groups in total. The number of carbonyl (C=O) groups excluding carboxylic acids is 2. The van der Waals surface area contributed by atoms with Gasteiger partial charge in [0.2, 0.25) is 0 Å². The molecule has 2 aromatic rings. The Morgan fingerprint density at radius 1 is 1.08 bits per heavy atom. The van der Waals surface area contributed by atoms with Gasteiger partial charge >= 0.3 is 5.97 Å². The molecule has 8 nitrogen and oxygen atoms in total. The van der Waals surface area contributed by atoms with Gasteiger partial charge in [-0.3, -0.25) is 9.78 Å². The van der Waals surface area contributed by atoms with Crippen LogP contribution >= 0.6 is 0 Å². The lowest BCUT2D eigenvalue weighted by molar-refractivity contribution is -0.119. The summed E-state index contributed by atoms with van der Waals surface area (Å²) in [6.45, 7) is 4.26. The maximum absolute atomic E-state index is 11.9. The highest BCUT2D eigenvalue weighted by Gasteiger charge is 2.13. The summed E-state index contributed by atoms with van der Waals surface area (Å²) in [5.41, 5.74) is 0.544. The lowest BCUT2D eigenvalue weighted by atomic mass is 10.2. The summed E-state index contributed by atoms with van der Waals surface area (Å²) >= 11 is 0. The van der Waals surface area contributed by atoms with E-state index in [0.717, 1.165) is 0 Å². The summed E-state index contributed by atoms with van der Waals surface area (Å²) in [6, 6.07) is 5.03. The number of nitrogens with one attached hydrogen (secondary N) is 1. The quantitative estimate of drug-likeness (QED) is 0.731. The van der Waals surface area contributed by atoms with Gasteiger partial charge in [0, 0.05) is 24.1 Å². The number of amides is 1. The highest BCUT2D eigenvalue weighted by molar-refractivity contribution is 5.94. The minimum Gasteiger partial charge on any atom is -0.490 e. The molecule has 2 rings (SSSR count). The number of ether oxygens (including phenoxy) is 3. The maximum atomic E-state index is 11.9. The Kier molecular flexibility index (Phi) is 6.70. The smallest absolute Gasteiger partial charge is 0.359 e. The molecule has 0 spiro atoms. The van der Waals surface area contributed by atoms with Crippen molar-refractivity contribution in [3.8, 4) is 11.5 Å². The van der Waals surface area contributed by atoms with E-state index >= 15 is 0 Å². The van der Waals surface area contributed by atoms with E-state index in [2.05, 4.69) is 15.3 Å². The van der Waals surface area contributed by atoms with Crippen molar-refractivity contribution in [1.82, 2.24) is 9.97 Å². The molecule has 25 heavy (non-hydrogen) atoms. The minimum atomic E-state index is -0.718. The van der Waals surface area contributed by atoms with Gasteiger partial charge in [-0.05, 0) is 26.0 Å². The van der Waals surface area contributed by atoms with E-state index in [0.29, 0.717) is 30.4 Å². The van der Waals surface area contributed by atoms with Gasteiger partial charge in [-0.2, -0.15) is 0 Å². The molecule has 0 saturated heterocycles. The van der Waals surface area contributed by atoms with Gasteiger partial charge in [-0.15, -0.1) is 0 Å². The predicted molar refractivity (Wildman–Crippen MR) is 89.7 cm³/mol. The van der Waals surface area contributed by atoms with Gasteiger partial charge in [0.15, 0.2) is 23.8 Å². The Balaban J connectivity index is 1.93. The number of rotatable bonds is 8. The van der Waals surface area contributed by atoms with Gasteiger partial charge in [0.25, 0.3) is 5.91 Å². The molecule has 0 aliphatic carbocycles. The van der Waals surface area contributed by atoms with Crippen LogP contribution in [0.4, 0.5) is 5.69 Å². The molecule has 8 heteroatoms. The molecule has 132 valence electrons. The highest BCUT2D eigenvalue weighted by Crippen LogP contribution is 2.30. The Morgan fingerprint density at radius 2 is 1.84 bits per heavy atom. The third kappa shape index (κ3) is 5.45. The number of hydrogen-bond acceptors (Lipinski definition) is 7. The Bertz CT molecular complexity index is 721.